The summed E-state index contributed by atoms with van der Waals surface area (Å²) in [6, 6.07) is 13.7. The van der Waals surface area contributed by atoms with Gasteiger partial charge in [0.1, 0.15) is 0 Å². The number of hydrogen-bond acceptors (Lipinski definition) is 1. The molecule has 0 saturated heterocycles. The van der Waals surface area contributed by atoms with E-state index in [1.165, 1.54) is 28.3 Å². The van der Waals surface area contributed by atoms with E-state index in [4.69, 9.17) is 0 Å². The van der Waals surface area contributed by atoms with Crippen LogP contribution in [0.2, 0.25) is 0 Å². The monoisotopic (exact) mass is 283 g/mol. The maximum absolute atomic E-state index is 3.81. The lowest BCUT2D eigenvalue weighted by Gasteiger charge is -2.36. The van der Waals surface area contributed by atoms with Gasteiger partial charge in [-0.2, -0.15) is 0 Å². The molecule has 2 aromatic carbocycles. The standard InChI is InChI=1S/C20H29N/c1-6-14-21-19(20(4,5)7-2)18-15(3)12-13-16-10-8-9-11-17(16)18/h8-13,19,21H,6-7,14H2,1-5H3. The van der Waals surface area contributed by atoms with Crippen LogP contribution in [-0.2, 0) is 0 Å². The molecule has 1 unspecified atom stereocenters. The van der Waals surface area contributed by atoms with Crippen LogP contribution in [0.4, 0.5) is 0 Å². The van der Waals surface area contributed by atoms with E-state index >= 15 is 0 Å². The highest BCUT2D eigenvalue weighted by Crippen LogP contribution is 2.40. The minimum absolute atomic E-state index is 0.240. The highest BCUT2D eigenvalue weighted by molar-refractivity contribution is 5.87. The third-order valence-electron chi connectivity index (χ3n) is 4.77. The summed E-state index contributed by atoms with van der Waals surface area (Å²) in [5.41, 5.74) is 3.11. The third-order valence-corrected chi connectivity index (χ3v) is 4.77. The Balaban J connectivity index is 2.61. The first-order chi connectivity index (χ1) is 10.0. The molecule has 0 saturated carbocycles. The fraction of sp³-hybridized carbons (Fsp3) is 0.500. The van der Waals surface area contributed by atoms with Crippen LogP contribution in [0.25, 0.3) is 10.8 Å². The van der Waals surface area contributed by atoms with Crippen molar-refractivity contribution in [1.29, 1.82) is 0 Å². The van der Waals surface area contributed by atoms with Crippen molar-refractivity contribution in [1.82, 2.24) is 5.32 Å². The fourth-order valence-electron chi connectivity index (χ4n) is 3.05. The van der Waals surface area contributed by atoms with Gasteiger partial charge < -0.3 is 5.32 Å². The molecule has 0 aromatic heterocycles. The van der Waals surface area contributed by atoms with Crippen molar-refractivity contribution in [2.24, 2.45) is 5.41 Å². The molecule has 2 rings (SSSR count). The van der Waals surface area contributed by atoms with Gasteiger partial charge in [-0.25, -0.2) is 0 Å². The van der Waals surface area contributed by atoms with E-state index in [1.54, 1.807) is 0 Å². The second kappa shape index (κ2) is 6.62. The Kier molecular flexibility index (Phi) is 5.05. The Morgan fingerprint density at radius 1 is 1.05 bits per heavy atom. The summed E-state index contributed by atoms with van der Waals surface area (Å²) in [6.07, 6.45) is 2.33. The average Bonchev–Trinajstić information content (AvgIpc) is 2.49. The van der Waals surface area contributed by atoms with E-state index in [2.05, 4.69) is 76.3 Å². The summed E-state index contributed by atoms with van der Waals surface area (Å²) >= 11 is 0. The van der Waals surface area contributed by atoms with Crippen LogP contribution in [0.1, 0.15) is 57.7 Å². The Morgan fingerprint density at radius 3 is 2.43 bits per heavy atom. The molecule has 0 spiro atoms. The van der Waals surface area contributed by atoms with E-state index in [0.717, 1.165) is 13.0 Å². The number of fused-ring (bicyclic) bond motifs is 1. The minimum atomic E-state index is 0.240. The molecule has 1 atom stereocenters. The first-order valence-corrected chi connectivity index (χ1v) is 8.23. The minimum Gasteiger partial charge on any atom is -0.309 e. The van der Waals surface area contributed by atoms with Gasteiger partial charge in [-0.05, 0) is 53.6 Å². The smallest absolute Gasteiger partial charge is 0.0380 e. The largest absolute Gasteiger partial charge is 0.309 e. The zero-order chi connectivity index (χ0) is 15.5. The van der Waals surface area contributed by atoms with Crippen LogP contribution in [0, 0.1) is 12.3 Å². The molecule has 0 heterocycles. The molecule has 0 amide bonds. The highest BCUT2D eigenvalue weighted by Gasteiger charge is 2.30. The predicted molar refractivity (Wildman–Crippen MR) is 93.8 cm³/mol. The van der Waals surface area contributed by atoms with Crippen LogP contribution in [0.5, 0.6) is 0 Å². The average molecular weight is 283 g/mol. The van der Waals surface area contributed by atoms with Crippen molar-refractivity contribution >= 4 is 10.8 Å². The molecular formula is C20H29N. The molecule has 21 heavy (non-hydrogen) atoms. The topological polar surface area (TPSA) is 12.0 Å². The lowest BCUT2D eigenvalue weighted by Crippen LogP contribution is -2.35. The Morgan fingerprint density at radius 2 is 1.76 bits per heavy atom. The molecule has 1 nitrogen and oxygen atoms in total. The van der Waals surface area contributed by atoms with E-state index < -0.39 is 0 Å². The Hall–Kier alpha value is -1.34. The molecule has 0 bridgehead atoms. The Labute approximate surface area is 129 Å². The fourth-order valence-corrected chi connectivity index (χ4v) is 3.05. The normalized spacial score (nSPS) is 13.6. The first kappa shape index (κ1) is 16.0. The lowest BCUT2D eigenvalue weighted by molar-refractivity contribution is 0.235. The summed E-state index contributed by atoms with van der Waals surface area (Å²) in [5.74, 6) is 0. The zero-order valence-corrected chi connectivity index (χ0v) is 14.2. The second-order valence-electron chi connectivity index (χ2n) is 6.75. The van der Waals surface area contributed by atoms with Crippen molar-refractivity contribution in [2.45, 2.75) is 53.5 Å². The molecule has 1 N–H and O–H groups in total. The first-order valence-electron chi connectivity index (χ1n) is 8.23. The molecule has 0 fully saturated rings. The van der Waals surface area contributed by atoms with E-state index in [0.29, 0.717) is 6.04 Å². The van der Waals surface area contributed by atoms with Crippen molar-refractivity contribution in [3.63, 3.8) is 0 Å². The third kappa shape index (κ3) is 3.29. The van der Waals surface area contributed by atoms with Gasteiger partial charge in [0, 0.05) is 6.04 Å². The van der Waals surface area contributed by atoms with Gasteiger partial charge in [0.05, 0.1) is 0 Å². The summed E-state index contributed by atoms with van der Waals surface area (Å²) in [4.78, 5) is 0. The van der Waals surface area contributed by atoms with Gasteiger partial charge >= 0.3 is 0 Å². The predicted octanol–water partition coefficient (Wildman–Crippen LogP) is 5.63. The van der Waals surface area contributed by atoms with Crippen LogP contribution < -0.4 is 5.32 Å². The maximum atomic E-state index is 3.81. The van der Waals surface area contributed by atoms with Gasteiger partial charge in [-0.15, -0.1) is 0 Å². The molecule has 114 valence electrons. The molecule has 2 aromatic rings. The summed E-state index contributed by atoms with van der Waals surface area (Å²) in [5, 5.41) is 6.55. The molecule has 1 heteroatoms. The van der Waals surface area contributed by atoms with Gasteiger partial charge in [0.2, 0.25) is 0 Å². The van der Waals surface area contributed by atoms with Gasteiger partial charge in [0.25, 0.3) is 0 Å². The van der Waals surface area contributed by atoms with Gasteiger partial charge in [0.15, 0.2) is 0 Å². The number of hydrogen-bond donors (Lipinski definition) is 1. The molecule has 0 radical (unpaired) electrons. The van der Waals surface area contributed by atoms with Crippen LogP contribution in [0.3, 0.4) is 0 Å². The molecule has 0 aliphatic heterocycles. The van der Waals surface area contributed by atoms with Crippen LogP contribution >= 0.6 is 0 Å². The SMILES string of the molecule is CCCNC(c1c(C)ccc2ccccc12)C(C)(C)CC. The molecule has 0 aliphatic rings. The van der Waals surface area contributed by atoms with Crippen LogP contribution in [-0.4, -0.2) is 6.54 Å². The van der Waals surface area contributed by atoms with Crippen molar-refractivity contribution < 1.29 is 0 Å². The highest BCUT2D eigenvalue weighted by atomic mass is 14.9. The lowest BCUT2D eigenvalue weighted by atomic mass is 9.75. The van der Waals surface area contributed by atoms with E-state index in [9.17, 15) is 0 Å². The molecular weight excluding hydrogens is 254 g/mol. The molecule has 0 aliphatic carbocycles. The number of benzene rings is 2. The Bertz CT molecular complexity index is 598. The zero-order valence-electron chi connectivity index (χ0n) is 14.2. The summed E-state index contributed by atoms with van der Waals surface area (Å²) in [7, 11) is 0. The summed E-state index contributed by atoms with van der Waals surface area (Å²) < 4.78 is 0. The number of aryl methyl sites for hydroxylation is 1. The summed E-state index contributed by atoms with van der Waals surface area (Å²) in [6.45, 7) is 12.6. The maximum Gasteiger partial charge on any atom is 0.0380 e. The quantitative estimate of drug-likeness (QED) is 0.725. The number of rotatable bonds is 6. The van der Waals surface area contributed by atoms with Gasteiger partial charge in [-0.1, -0.05) is 64.1 Å². The van der Waals surface area contributed by atoms with Gasteiger partial charge in [-0.3, -0.25) is 0 Å². The van der Waals surface area contributed by atoms with E-state index in [-0.39, 0.29) is 5.41 Å². The van der Waals surface area contributed by atoms with Crippen molar-refractivity contribution in [3.05, 3.63) is 47.5 Å². The number of nitrogens with one attached hydrogen (secondary N) is 1. The van der Waals surface area contributed by atoms with Crippen molar-refractivity contribution in [3.8, 4) is 0 Å². The van der Waals surface area contributed by atoms with Crippen molar-refractivity contribution in [2.75, 3.05) is 6.54 Å². The van der Waals surface area contributed by atoms with Crippen LogP contribution in [0.15, 0.2) is 36.4 Å². The van der Waals surface area contributed by atoms with E-state index in [1.807, 2.05) is 0 Å². The second-order valence-corrected chi connectivity index (χ2v) is 6.75.